The quantitative estimate of drug-likeness (QED) is 0.428. The van der Waals surface area contributed by atoms with Crippen molar-refractivity contribution in [3.8, 4) is 0 Å². The molecule has 0 aliphatic rings. The van der Waals surface area contributed by atoms with Gasteiger partial charge in [0.15, 0.2) is 6.61 Å². The number of esters is 1. The number of rotatable bonds is 8. The van der Waals surface area contributed by atoms with Gasteiger partial charge in [-0.25, -0.2) is 4.79 Å². The lowest BCUT2D eigenvalue weighted by molar-refractivity contribution is -0.143. The molecule has 0 saturated heterocycles. The highest BCUT2D eigenvalue weighted by Crippen LogP contribution is 2.15. The van der Waals surface area contributed by atoms with Crippen molar-refractivity contribution in [1.82, 2.24) is 15.1 Å². The van der Waals surface area contributed by atoms with Gasteiger partial charge in [0, 0.05) is 19.3 Å². The number of ether oxygens (including phenoxy) is 1. The zero-order chi connectivity index (χ0) is 20.8. The first kappa shape index (κ1) is 21.3. The molecule has 0 spiro atoms. The summed E-state index contributed by atoms with van der Waals surface area (Å²) in [5, 5.41) is 6.79. The molecule has 28 heavy (non-hydrogen) atoms. The maximum absolute atomic E-state index is 12.2. The van der Waals surface area contributed by atoms with Gasteiger partial charge in [0.25, 0.3) is 11.7 Å². The van der Waals surface area contributed by atoms with E-state index in [1.807, 2.05) is 12.1 Å². The molecule has 0 aliphatic carbocycles. The van der Waals surface area contributed by atoms with E-state index in [2.05, 4.69) is 36.4 Å². The molecule has 0 fully saturated rings. The molecule has 0 aliphatic heterocycles. The van der Waals surface area contributed by atoms with Gasteiger partial charge in [-0.2, -0.15) is 5.10 Å². The molecule has 1 aromatic carbocycles. The van der Waals surface area contributed by atoms with E-state index in [9.17, 15) is 14.4 Å². The first-order valence-corrected chi connectivity index (χ1v) is 9.28. The van der Waals surface area contributed by atoms with Crippen LogP contribution in [0.3, 0.4) is 0 Å². The van der Waals surface area contributed by atoms with Crippen molar-refractivity contribution in [2.45, 2.75) is 40.0 Å². The lowest BCUT2D eigenvalue weighted by Crippen LogP contribution is -2.32. The maximum Gasteiger partial charge on any atom is 0.380 e. The number of hydrogen-bond acceptors (Lipinski definition) is 5. The number of nitrogens with one attached hydrogen (secondary N) is 1. The van der Waals surface area contributed by atoms with E-state index in [-0.39, 0.29) is 5.56 Å². The Hall–Kier alpha value is -2.96. The van der Waals surface area contributed by atoms with Crippen LogP contribution in [-0.2, 0) is 27.8 Å². The van der Waals surface area contributed by atoms with E-state index < -0.39 is 24.3 Å². The fourth-order valence-electron chi connectivity index (χ4n) is 2.87. The fourth-order valence-corrected chi connectivity index (χ4v) is 2.87. The predicted octanol–water partition coefficient (Wildman–Crippen LogP) is 2.25. The van der Waals surface area contributed by atoms with Gasteiger partial charge in [0.1, 0.15) is 0 Å². The van der Waals surface area contributed by atoms with E-state index in [4.69, 9.17) is 4.74 Å². The third-order valence-electron chi connectivity index (χ3n) is 4.64. The topological polar surface area (TPSA) is 90.3 Å². The molecule has 0 bridgehead atoms. The average molecular weight is 385 g/mol. The molecule has 7 nitrogen and oxygen atoms in total. The van der Waals surface area contributed by atoms with Gasteiger partial charge in [-0.05, 0) is 37.3 Å². The highest BCUT2D eigenvalue weighted by atomic mass is 16.5. The summed E-state index contributed by atoms with van der Waals surface area (Å²) in [7, 11) is 1.69. The number of nitrogens with zero attached hydrogens (tertiary/aromatic N) is 2. The molecule has 1 amide bonds. The smallest absolute Gasteiger partial charge is 0.380 e. The molecule has 1 aromatic heterocycles. The van der Waals surface area contributed by atoms with Crippen LogP contribution in [0, 0.1) is 13.8 Å². The first-order valence-electron chi connectivity index (χ1n) is 9.28. The van der Waals surface area contributed by atoms with Gasteiger partial charge in [-0.15, -0.1) is 0 Å². The highest BCUT2D eigenvalue weighted by molar-refractivity contribution is 6.41. The van der Waals surface area contributed by atoms with Gasteiger partial charge in [0.2, 0.25) is 0 Å². The molecule has 150 valence electrons. The summed E-state index contributed by atoms with van der Waals surface area (Å²) in [5.41, 5.74) is 3.63. The molecule has 0 saturated carbocycles. The Morgan fingerprint density at radius 3 is 2.32 bits per heavy atom. The second-order valence-corrected chi connectivity index (χ2v) is 7.07. The number of carbonyl (C=O) groups excluding carboxylic acids is 3. The van der Waals surface area contributed by atoms with Crippen LogP contribution in [-0.4, -0.2) is 40.6 Å². The SMILES string of the molecule is Cc1nn(C)c(C)c1C(=O)C(=O)OCC(=O)NCCc1ccc(C(C)C)cc1. The monoisotopic (exact) mass is 385 g/mol. The molecule has 0 atom stereocenters. The van der Waals surface area contributed by atoms with Crippen LogP contribution in [0.5, 0.6) is 0 Å². The minimum absolute atomic E-state index is 0.220. The van der Waals surface area contributed by atoms with E-state index in [1.54, 1.807) is 20.9 Å². The second kappa shape index (κ2) is 9.30. The van der Waals surface area contributed by atoms with Crippen molar-refractivity contribution >= 4 is 17.7 Å². The van der Waals surface area contributed by atoms with Crippen LogP contribution >= 0.6 is 0 Å². The molecule has 1 N–H and O–H groups in total. The Morgan fingerprint density at radius 1 is 1.14 bits per heavy atom. The third kappa shape index (κ3) is 5.28. The summed E-state index contributed by atoms with van der Waals surface area (Å²) in [6.07, 6.45) is 0.672. The Bertz CT molecular complexity index is 867. The second-order valence-electron chi connectivity index (χ2n) is 7.07. The molecule has 7 heteroatoms. The number of carbonyl (C=O) groups is 3. The average Bonchev–Trinajstić information content (AvgIpc) is 2.91. The largest absolute Gasteiger partial charge is 0.450 e. The van der Waals surface area contributed by atoms with E-state index in [0.29, 0.717) is 30.3 Å². The van der Waals surface area contributed by atoms with Crippen LogP contribution in [0.2, 0.25) is 0 Å². The number of ketones is 1. The van der Waals surface area contributed by atoms with Gasteiger partial charge in [0.05, 0.1) is 11.3 Å². The lowest BCUT2D eigenvalue weighted by atomic mass is 10.0. The Labute approximate surface area is 165 Å². The third-order valence-corrected chi connectivity index (χ3v) is 4.64. The summed E-state index contributed by atoms with van der Waals surface area (Å²) in [4.78, 5) is 36.0. The van der Waals surface area contributed by atoms with Crippen LogP contribution in [0.15, 0.2) is 24.3 Å². The van der Waals surface area contributed by atoms with Crippen molar-refractivity contribution in [3.05, 3.63) is 52.3 Å². The molecule has 1 heterocycles. The molecule has 2 aromatic rings. The van der Waals surface area contributed by atoms with E-state index in [1.165, 1.54) is 10.2 Å². The van der Waals surface area contributed by atoms with E-state index >= 15 is 0 Å². The number of aromatic nitrogens is 2. The summed E-state index contributed by atoms with van der Waals surface area (Å²) >= 11 is 0. The van der Waals surface area contributed by atoms with Crippen LogP contribution in [0.25, 0.3) is 0 Å². The minimum atomic E-state index is -1.06. The molecule has 0 unspecified atom stereocenters. The van der Waals surface area contributed by atoms with Crippen molar-refractivity contribution in [2.24, 2.45) is 7.05 Å². The van der Waals surface area contributed by atoms with Crippen LogP contribution < -0.4 is 5.32 Å². The number of amides is 1. The van der Waals surface area contributed by atoms with Gasteiger partial charge in [-0.3, -0.25) is 14.3 Å². The molecule has 0 radical (unpaired) electrons. The van der Waals surface area contributed by atoms with Gasteiger partial charge in [-0.1, -0.05) is 38.1 Å². The lowest BCUT2D eigenvalue weighted by Gasteiger charge is -2.08. The summed E-state index contributed by atoms with van der Waals surface area (Å²) in [5.74, 6) is -1.82. The van der Waals surface area contributed by atoms with Crippen LogP contribution in [0.4, 0.5) is 0 Å². The highest BCUT2D eigenvalue weighted by Gasteiger charge is 2.25. The summed E-state index contributed by atoms with van der Waals surface area (Å²) < 4.78 is 6.37. The predicted molar refractivity (Wildman–Crippen MR) is 105 cm³/mol. The number of Topliss-reactive ketones (excluding diaryl/α,β-unsaturated/α-hetero) is 1. The summed E-state index contributed by atoms with van der Waals surface area (Å²) in [6, 6.07) is 8.24. The van der Waals surface area contributed by atoms with Crippen molar-refractivity contribution in [2.75, 3.05) is 13.2 Å². The number of benzene rings is 1. The molecular formula is C21H27N3O4. The zero-order valence-corrected chi connectivity index (χ0v) is 17.0. The normalized spacial score (nSPS) is 10.8. The van der Waals surface area contributed by atoms with Crippen molar-refractivity contribution < 1.29 is 19.1 Å². The Balaban J connectivity index is 1.77. The standard InChI is InChI=1S/C21H27N3O4/c1-13(2)17-8-6-16(7-9-17)10-11-22-18(25)12-28-21(27)20(26)19-14(3)23-24(5)15(19)4/h6-9,13H,10-12H2,1-5H3,(H,22,25). The molecule has 2 rings (SSSR count). The van der Waals surface area contributed by atoms with Crippen molar-refractivity contribution in [3.63, 3.8) is 0 Å². The fraction of sp³-hybridized carbons (Fsp3) is 0.429. The van der Waals surface area contributed by atoms with E-state index in [0.717, 1.165) is 5.56 Å². The van der Waals surface area contributed by atoms with Crippen molar-refractivity contribution in [1.29, 1.82) is 0 Å². The number of hydrogen-bond donors (Lipinski definition) is 1. The first-order chi connectivity index (χ1) is 13.2. The Kier molecular flexibility index (Phi) is 7.09. The summed E-state index contributed by atoms with van der Waals surface area (Å²) in [6.45, 7) is 7.55. The van der Waals surface area contributed by atoms with Gasteiger partial charge < -0.3 is 10.1 Å². The van der Waals surface area contributed by atoms with Gasteiger partial charge >= 0.3 is 5.97 Å². The number of aryl methyl sites for hydroxylation is 2. The zero-order valence-electron chi connectivity index (χ0n) is 17.0. The minimum Gasteiger partial charge on any atom is -0.450 e. The molecular weight excluding hydrogens is 358 g/mol. The van der Waals surface area contributed by atoms with Crippen LogP contribution in [0.1, 0.15) is 52.6 Å². The Morgan fingerprint density at radius 2 is 1.79 bits per heavy atom. The maximum atomic E-state index is 12.2.